The zero-order valence-electron chi connectivity index (χ0n) is 7.48. The molecule has 6 heteroatoms. The van der Waals surface area contributed by atoms with Crippen LogP contribution in [0.15, 0.2) is 24.7 Å². The molecule has 0 radical (unpaired) electrons. The van der Waals surface area contributed by atoms with Crippen LogP contribution < -0.4 is 5.73 Å². The first-order chi connectivity index (χ1) is 7.18. The highest BCUT2D eigenvalue weighted by molar-refractivity contribution is 6.35. The molecule has 15 heavy (non-hydrogen) atoms. The average molecular weight is 241 g/mol. The molecule has 0 atom stereocenters. The minimum absolute atomic E-state index is 0.225. The lowest BCUT2D eigenvalue weighted by molar-refractivity contribution is 1.21. The van der Waals surface area contributed by atoms with E-state index in [1.165, 1.54) is 12.4 Å². The Morgan fingerprint density at radius 2 is 2.00 bits per heavy atom. The van der Waals surface area contributed by atoms with Crippen LogP contribution in [-0.4, -0.2) is 15.0 Å². The quantitative estimate of drug-likeness (QED) is 0.832. The molecule has 0 fully saturated rings. The predicted octanol–water partition coefficient (Wildman–Crippen LogP) is 2.43. The van der Waals surface area contributed by atoms with Gasteiger partial charge in [0.15, 0.2) is 5.15 Å². The van der Waals surface area contributed by atoms with Gasteiger partial charge in [-0.05, 0) is 6.07 Å². The van der Waals surface area contributed by atoms with Gasteiger partial charge in [-0.3, -0.25) is 4.98 Å². The second kappa shape index (κ2) is 4.00. The standard InChI is InChI=1S/C9H6Cl2N4/c10-6-3-13-2-1-5(6)8-9(11)15-7(12)4-14-8/h1-4H,(H2,12,15). The van der Waals surface area contributed by atoms with E-state index in [1.54, 1.807) is 12.3 Å². The molecule has 4 nitrogen and oxygen atoms in total. The van der Waals surface area contributed by atoms with Gasteiger partial charge in [-0.1, -0.05) is 23.2 Å². The third kappa shape index (κ3) is 2.00. The molecule has 2 aromatic heterocycles. The number of aromatic nitrogens is 3. The largest absolute Gasteiger partial charge is 0.382 e. The van der Waals surface area contributed by atoms with E-state index in [4.69, 9.17) is 28.9 Å². The van der Waals surface area contributed by atoms with Crippen molar-refractivity contribution in [3.05, 3.63) is 34.8 Å². The number of hydrogen-bond donors (Lipinski definition) is 1. The van der Waals surface area contributed by atoms with Crippen LogP contribution in [0.5, 0.6) is 0 Å². The average Bonchev–Trinajstić information content (AvgIpc) is 2.20. The van der Waals surface area contributed by atoms with Gasteiger partial charge < -0.3 is 5.73 Å². The first kappa shape index (κ1) is 10.1. The fourth-order valence-electron chi connectivity index (χ4n) is 1.13. The Balaban J connectivity index is 2.60. The Hall–Kier alpha value is -1.39. The molecular formula is C9H6Cl2N4. The van der Waals surface area contributed by atoms with Gasteiger partial charge in [0.05, 0.1) is 11.2 Å². The third-order valence-electron chi connectivity index (χ3n) is 1.78. The van der Waals surface area contributed by atoms with Crippen molar-refractivity contribution < 1.29 is 0 Å². The maximum Gasteiger partial charge on any atom is 0.157 e. The van der Waals surface area contributed by atoms with E-state index >= 15 is 0 Å². The number of nitrogens with zero attached hydrogens (tertiary/aromatic N) is 3. The van der Waals surface area contributed by atoms with Gasteiger partial charge in [0.25, 0.3) is 0 Å². The number of nitrogen functional groups attached to an aromatic ring is 1. The van der Waals surface area contributed by atoms with Gasteiger partial charge in [0, 0.05) is 18.0 Å². The number of hydrogen-bond acceptors (Lipinski definition) is 4. The Bertz CT molecular complexity index is 501. The molecule has 0 spiro atoms. The van der Waals surface area contributed by atoms with E-state index in [9.17, 15) is 0 Å². The monoisotopic (exact) mass is 240 g/mol. The smallest absolute Gasteiger partial charge is 0.157 e. The van der Waals surface area contributed by atoms with Crippen molar-refractivity contribution in [1.82, 2.24) is 15.0 Å². The molecule has 0 aromatic carbocycles. The molecule has 2 aromatic rings. The normalized spacial score (nSPS) is 10.3. The van der Waals surface area contributed by atoms with Crippen LogP contribution in [0.4, 0.5) is 5.82 Å². The maximum atomic E-state index is 5.95. The summed E-state index contributed by atoms with van der Waals surface area (Å²) in [6, 6.07) is 1.72. The van der Waals surface area contributed by atoms with Crippen molar-refractivity contribution in [2.45, 2.75) is 0 Å². The zero-order valence-corrected chi connectivity index (χ0v) is 9.00. The minimum Gasteiger partial charge on any atom is -0.382 e. The van der Waals surface area contributed by atoms with Crippen LogP contribution in [0.25, 0.3) is 11.3 Å². The van der Waals surface area contributed by atoms with Crippen molar-refractivity contribution in [3.63, 3.8) is 0 Å². The number of rotatable bonds is 1. The highest BCUT2D eigenvalue weighted by Crippen LogP contribution is 2.29. The van der Waals surface area contributed by atoms with E-state index in [-0.39, 0.29) is 11.0 Å². The van der Waals surface area contributed by atoms with Crippen LogP contribution >= 0.6 is 23.2 Å². The molecule has 2 rings (SSSR count). The first-order valence-corrected chi connectivity index (χ1v) is 4.82. The Morgan fingerprint density at radius 1 is 1.20 bits per heavy atom. The summed E-state index contributed by atoms with van der Waals surface area (Å²) >= 11 is 11.9. The first-order valence-electron chi connectivity index (χ1n) is 4.06. The van der Waals surface area contributed by atoms with Gasteiger partial charge in [0.2, 0.25) is 0 Å². The molecule has 0 amide bonds. The van der Waals surface area contributed by atoms with Crippen molar-refractivity contribution in [2.75, 3.05) is 5.73 Å². The lowest BCUT2D eigenvalue weighted by atomic mass is 10.2. The lowest BCUT2D eigenvalue weighted by Gasteiger charge is -2.04. The molecule has 0 aliphatic heterocycles. The number of anilines is 1. The molecule has 2 heterocycles. The summed E-state index contributed by atoms with van der Waals surface area (Å²) < 4.78 is 0. The van der Waals surface area contributed by atoms with E-state index in [2.05, 4.69) is 15.0 Å². The fourth-order valence-corrected chi connectivity index (χ4v) is 1.58. The number of pyridine rings is 1. The summed E-state index contributed by atoms with van der Waals surface area (Å²) in [6.45, 7) is 0. The summed E-state index contributed by atoms with van der Waals surface area (Å²) in [4.78, 5) is 11.8. The van der Waals surface area contributed by atoms with E-state index < -0.39 is 0 Å². The third-order valence-corrected chi connectivity index (χ3v) is 2.34. The summed E-state index contributed by atoms with van der Waals surface area (Å²) in [5.41, 5.74) is 6.62. The molecule has 0 saturated heterocycles. The Morgan fingerprint density at radius 3 is 2.67 bits per heavy atom. The van der Waals surface area contributed by atoms with Crippen molar-refractivity contribution in [3.8, 4) is 11.3 Å². The fraction of sp³-hybridized carbons (Fsp3) is 0. The molecule has 0 aliphatic rings. The summed E-state index contributed by atoms with van der Waals surface area (Å²) in [5.74, 6) is 0.272. The van der Waals surface area contributed by atoms with Crippen LogP contribution in [0.1, 0.15) is 0 Å². The molecule has 0 aliphatic carbocycles. The Labute approximate surface area is 96.1 Å². The maximum absolute atomic E-state index is 5.95. The topological polar surface area (TPSA) is 64.7 Å². The molecule has 0 unspecified atom stereocenters. The minimum atomic E-state index is 0.225. The molecule has 0 saturated carbocycles. The van der Waals surface area contributed by atoms with E-state index in [0.29, 0.717) is 16.3 Å². The lowest BCUT2D eigenvalue weighted by Crippen LogP contribution is -1.95. The second-order valence-electron chi connectivity index (χ2n) is 2.79. The summed E-state index contributed by atoms with van der Waals surface area (Å²) in [7, 11) is 0. The predicted molar refractivity (Wildman–Crippen MR) is 59.7 cm³/mol. The van der Waals surface area contributed by atoms with Gasteiger partial charge in [-0.15, -0.1) is 0 Å². The van der Waals surface area contributed by atoms with Gasteiger partial charge in [0.1, 0.15) is 11.5 Å². The van der Waals surface area contributed by atoms with Crippen LogP contribution in [0.3, 0.4) is 0 Å². The number of halogens is 2. The highest BCUT2D eigenvalue weighted by Gasteiger charge is 2.10. The zero-order chi connectivity index (χ0) is 10.8. The highest BCUT2D eigenvalue weighted by atomic mass is 35.5. The molecule has 76 valence electrons. The van der Waals surface area contributed by atoms with Crippen LogP contribution in [-0.2, 0) is 0 Å². The SMILES string of the molecule is Nc1cnc(-c2ccncc2Cl)c(Cl)n1. The van der Waals surface area contributed by atoms with Crippen LogP contribution in [0.2, 0.25) is 10.2 Å². The van der Waals surface area contributed by atoms with E-state index in [1.807, 2.05) is 0 Å². The Kier molecular flexibility index (Phi) is 2.70. The van der Waals surface area contributed by atoms with E-state index in [0.717, 1.165) is 0 Å². The molecule has 2 N–H and O–H groups in total. The summed E-state index contributed by atoms with van der Waals surface area (Å²) in [5, 5.41) is 0.696. The number of nitrogens with two attached hydrogens (primary N) is 1. The van der Waals surface area contributed by atoms with Crippen LogP contribution in [0, 0.1) is 0 Å². The van der Waals surface area contributed by atoms with Crippen molar-refractivity contribution >= 4 is 29.0 Å². The van der Waals surface area contributed by atoms with Crippen molar-refractivity contribution in [1.29, 1.82) is 0 Å². The van der Waals surface area contributed by atoms with Gasteiger partial charge >= 0.3 is 0 Å². The molecule has 0 bridgehead atoms. The molecular weight excluding hydrogens is 235 g/mol. The van der Waals surface area contributed by atoms with Gasteiger partial charge in [-0.2, -0.15) is 0 Å². The summed E-state index contributed by atoms with van der Waals surface area (Å²) in [6.07, 6.45) is 4.55. The second-order valence-corrected chi connectivity index (χ2v) is 3.56. The van der Waals surface area contributed by atoms with Crippen molar-refractivity contribution in [2.24, 2.45) is 0 Å². The van der Waals surface area contributed by atoms with Gasteiger partial charge in [-0.25, -0.2) is 9.97 Å².